The quantitative estimate of drug-likeness (QED) is 0.683. The van der Waals surface area contributed by atoms with Gasteiger partial charge in [-0.1, -0.05) is 30.7 Å². The summed E-state index contributed by atoms with van der Waals surface area (Å²) in [5.41, 5.74) is 0.789. The van der Waals surface area contributed by atoms with E-state index in [4.69, 9.17) is 11.6 Å². The number of urea groups is 1. The van der Waals surface area contributed by atoms with Gasteiger partial charge in [-0.25, -0.2) is 4.79 Å². The summed E-state index contributed by atoms with van der Waals surface area (Å²) in [5, 5.41) is 16.0. The van der Waals surface area contributed by atoms with E-state index in [1.54, 1.807) is 31.2 Å². The molecule has 0 saturated carbocycles. The van der Waals surface area contributed by atoms with Gasteiger partial charge in [0.2, 0.25) is 5.91 Å². The number of hydrogen-bond donors (Lipinski definition) is 2. The van der Waals surface area contributed by atoms with Gasteiger partial charge >= 0.3 is 6.03 Å². The lowest BCUT2D eigenvalue weighted by Gasteiger charge is -2.22. The Labute approximate surface area is 189 Å². The van der Waals surface area contributed by atoms with Gasteiger partial charge in [-0.15, -0.1) is 11.3 Å². The number of anilines is 1. The summed E-state index contributed by atoms with van der Waals surface area (Å²) in [7, 11) is 0. The molecule has 0 spiro atoms. The van der Waals surface area contributed by atoms with Gasteiger partial charge in [-0.3, -0.25) is 14.5 Å². The number of fused-ring (bicyclic) bond motifs is 1. The fourth-order valence-corrected chi connectivity index (χ4v) is 5.59. The van der Waals surface area contributed by atoms with Gasteiger partial charge in [0, 0.05) is 9.90 Å². The van der Waals surface area contributed by atoms with E-state index in [1.807, 2.05) is 0 Å². The summed E-state index contributed by atoms with van der Waals surface area (Å²) in [6.07, 6.45) is 2.72. The van der Waals surface area contributed by atoms with Gasteiger partial charge in [0.15, 0.2) is 0 Å². The first-order chi connectivity index (χ1) is 14.7. The number of halogens is 1. The predicted octanol–water partition coefficient (Wildman–Crippen LogP) is 3.80. The van der Waals surface area contributed by atoms with Gasteiger partial charge in [0.05, 0.1) is 5.56 Å². The maximum atomic E-state index is 13.0. The van der Waals surface area contributed by atoms with Crippen LogP contribution in [0.3, 0.4) is 0 Å². The zero-order chi connectivity index (χ0) is 22.3. The fourth-order valence-electron chi connectivity index (χ4n) is 4.09. The summed E-state index contributed by atoms with van der Waals surface area (Å²) >= 11 is 7.32. The zero-order valence-electron chi connectivity index (χ0n) is 17.1. The molecule has 2 aromatic rings. The normalized spacial score (nSPS) is 22.6. The van der Waals surface area contributed by atoms with Crippen LogP contribution in [0.1, 0.15) is 41.8 Å². The second-order valence-corrected chi connectivity index (χ2v) is 9.71. The number of thiophene rings is 1. The Bertz CT molecular complexity index is 1120. The highest BCUT2D eigenvalue weighted by atomic mass is 35.5. The van der Waals surface area contributed by atoms with Crippen LogP contribution >= 0.6 is 22.9 Å². The molecular weight excluding hydrogens is 436 g/mol. The van der Waals surface area contributed by atoms with Crippen LogP contribution in [0.15, 0.2) is 24.3 Å². The molecule has 31 heavy (non-hydrogen) atoms. The van der Waals surface area contributed by atoms with Crippen molar-refractivity contribution in [3.63, 3.8) is 0 Å². The van der Waals surface area contributed by atoms with Crippen molar-refractivity contribution in [3.05, 3.63) is 50.9 Å². The first-order valence-corrected chi connectivity index (χ1v) is 11.2. The lowest BCUT2D eigenvalue weighted by Crippen LogP contribution is -2.42. The molecule has 0 radical (unpaired) electrons. The number of nitriles is 1. The topological polar surface area (TPSA) is 102 Å². The molecule has 1 aromatic carbocycles. The summed E-state index contributed by atoms with van der Waals surface area (Å²) in [5.74, 6) is -0.500. The van der Waals surface area contributed by atoms with Gasteiger partial charge in [0.25, 0.3) is 5.91 Å². The molecule has 1 aromatic heterocycles. The Morgan fingerprint density at radius 2 is 2.10 bits per heavy atom. The molecule has 160 valence electrons. The van der Waals surface area contributed by atoms with E-state index in [2.05, 4.69) is 23.6 Å². The largest absolute Gasteiger partial charge is 0.325 e. The van der Waals surface area contributed by atoms with Crippen LogP contribution in [0.2, 0.25) is 5.02 Å². The minimum Gasteiger partial charge on any atom is -0.319 e. The molecule has 2 aliphatic rings. The molecule has 1 aliphatic heterocycles. The van der Waals surface area contributed by atoms with Gasteiger partial charge in [0.1, 0.15) is 23.2 Å². The van der Waals surface area contributed by atoms with Crippen molar-refractivity contribution in [2.24, 2.45) is 5.92 Å². The highest BCUT2D eigenvalue weighted by Gasteiger charge is 2.49. The van der Waals surface area contributed by atoms with Gasteiger partial charge < -0.3 is 10.6 Å². The summed E-state index contributed by atoms with van der Waals surface area (Å²) in [6.45, 7) is 3.33. The minimum atomic E-state index is -1.28. The average Bonchev–Trinajstić information content (AvgIpc) is 3.17. The maximum Gasteiger partial charge on any atom is 0.325 e. The number of rotatable bonds is 4. The van der Waals surface area contributed by atoms with Crippen molar-refractivity contribution >= 4 is 45.8 Å². The standard InChI is InChI=1S/C22H21ClN4O3S/c1-12-3-8-15-16(10-24)19(31-17(15)9-12)25-18(28)11-27-20(29)22(2,26-21(27)30)13-4-6-14(23)7-5-13/h4-7,12H,3,8-9,11H2,1-2H3,(H,25,28)(H,26,30)/t12-,22+/m0/s1. The molecule has 2 atom stereocenters. The van der Waals surface area contributed by atoms with Crippen molar-refractivity contribution in [2.45, 2.75) is 38.6 Å². The van der Waals surface area contributed by atoms with E-state index < -0.39 is 29.9 Å². The van der Waals surface area contributed by atoms with Crippen molar-refractivity contribution in [1.82, 2.24) is 10.2 Å². The Kier molecular flexibility index (Phi) is 5.50. The lowest BCUT2D eigenvalue weighted by molar-refractivity contribution is -0.133. The molecule has 2 N–H and O–H groups in total. The molecule has 1 aliphatic carbocycles. The number of imide groups is 1. The molecule has 0 bridgehead atoms. The van der Waals surface area contributed by atoms with E-state index in [9.17, 15) is 19.6 Å². The molecule has 9 heteroatoms. The molecule has 0 unspecified atom stereocenters. The summed E-state index contributed by atoms with van der Waals surface area (Å²) < 4.78 is 0. The van der Waals surface area contributed by atoms with Crippen LogP contribution in [0.4, 0.5) is 9.80 Å². The number of amides is 4. The third kappa shape index (κ3) is 3.80. The van der Waals surface area contributed by atoms with E-state index in [1.165, 1.54) is 11.3 Å². The second kappa shape index (κ2) is 7.98. The van der Waals surface area contributed by atoms with E-state index in [-0.39, 0.29) is 0 Å². The Hall–Kier alpha value is -2.89. The molecule has 1 fully saturated rings. The molecule has 2 heterocycles. The molecule has 7 nitrogen and oxygen atoms in total. The highest BCUT2D eigenvalue weighted by Crippen LogP contribution is 2.39. The van der Waals surface area contributed by atoms with E-state index >= 15 is 0 Å². The van der Waals surface area contributed by atoms with Crippen LogP contribution in [0, 0.1) is 17.2 Å². The van der Waals surface area contributed by atoms with Gasteiger partial charge in [-0.05, 0) is 55.4 Å². The first kappa shape index (κ1) is 21.3. The van der Waals surface area contributed by atoms with Crippen molar-refractivity contribution < 1.29 is 14.4 Å². The third-order valence-corrected chi connectivity index (χ3v) is 7.30. The number of carbonyl (C=O) groups excluding carboxylic acids is 3. The summed E-state index contributed by atoms with van der Waals surface area (Å²) in [6, 6.07) is 8.17. The number of benzene rings is 1. The monoisotopic (exact) mass is 456 g/mol. The third-order valence-electron chi connectivity index (χ3n) is 5.87. The fraction of sp³-hybridized carbons (Fsp3) is 0.364. The predicted molar refractivity (Wildman–Crippen MR) is 118 cm³/mol. The Morgan fingerprint density at radius 3 is 2.77 bits per heavy atom. The maximum absolute atomic E-state index is 13.0. The smallest absolute Gasteiger partial charge is 0.319 e. The molecule has 1 saturated heterocycles. The zero-order valence-corrected chi connectivity index (χ0v) is 18.7. The molecule has 4 amide bonds. The Balaban J connectivity index is 1.51. The van der Waals surface area contributed by atoms with Crippen molar-refractivity contribution in [2.75, 3.05) is 11.9 Å². The molecule has 4 rings (SSSR count). The second-order valence-electron chi connectivity index (χ2n) is 8.17. The van der Waals surface area contributed by atoms with Gasteiger partial charge in [-0.2, -0.15) is 5.26 Å². The van der Waals surface area contributed by atoms with Crippen LogP contribution < -0.4 is 10.6 Å². The van der Waals surface area contributed by atoms with Crippen LogP contribution in [-0.4, -0.2) is 29.3 Å². The number of hydrogen-bond acceptors (Lipinski definition) is 5. The number of nitrogens with zero attached hydrogens (tertiary/aromatic N) is 2. The van der Waals surface area contributed by atoms with Crippen LogP contribution in [-0.2, 0) is 28.0 Å². The highest BCUT2D eigenvalue weighted by molar-refractivity contribution is 7.16. The minimum absolute atomic E-state index is 0.433. The Morgan fingerprint density at radius 1 is 1.39 bits per heavy atom. The molecular formula is C22H21ClN4O3S. The van der Waals surface area contributed by atoms with E-state index in [0.717, 1.165) is 34.6 Å². The number of nitrogens with one attached hydrogen (secondary N) is 2. The van der Waals surface area contributed by atoms with Crippen molar-refractivity contribution in [3.8, 4) is 6.07 Å². The first-order valence-electron chi connectivity index (χ1n) is 9.97. The lowest BCUT2D eigenvalue weighted by atomic mass is 9.89. The average molecular weight is 457 g/mol. The SMILES string of the molecule is C[C@H]1CCc2c(sc(NC(=O)CN3C(=O)N[C@](C)(c4ccc(Cl)cc4)C3=O)c2C#N)C1. The summed E-state index contributed by atoms with van der Waals surface area (Å²) in [4.78, 5) is 40.2. The number of carbonyl (C=O) groups is 3. The van der Waals surface area contributed by atoms with Crippen molar-refractivity contribution in [1.29, 1.82) is 5.26 Å². The van der Waals surface area contributed by atoms with Crippen LogP contribution in [0.25, 0.3) is 0 Å². The van der Waals surface area contributed by atoms with Crippen LogP contribution in [0.5, 0.6) is 0 Å². The van der Waals surface area contributed by atoms with E-state index in [0.29, 0.717) is 27.1 Å².